The number of nitrogens with zero attached hydrogens (tertiary/aromatic N) is 2. The molecule has 0 bridgehead atoms. The van der Waals surface area contributed by atoms with Crippen molar-refractivity contribution in [2.75, 3.05) is 6.54 Å². The lowest BCUT2D eigenvalue weighted by Crippen LogP contribution is -2.27. The van der Waals surface area contributed by atoms with Gasteiger partial charge >= 0.3 is 0 Å². The van der Waals surface area contributed by atoms with Crippen LogP contribution in [0.25, 0.3) is 0 Å². The molecule has 2 rings (SSSR count). The molecule has 0 saturated heterocycles. The highest BCUT2D eigenvalue weighted by atomic mass is 79.9. The predicted molar refractivity (Wildman–Crippen MR) is 72.0 cm³/mol. The van der Waals surface area contributed by atoms with E-state index in [2.05, 4.69) is 30.8 Å². The van der Waals surface area contributed by atoms with Crippen LogP contribution in [0.1, 0.15) is 11.7 Å². The van der Waals surface area contributed by atoms with Gasteiger partial charge in [0.1, 0.15) is 10.7 Å². The molecule has 108 valence electrons. The summed E-state index contributed by atoms with van der Waals surface area (Å²) in [5.74, 6) is -0.0226. The highest BCUT2D eigenvalue weighted by Crippen LogP contribution is 2.19. The van der Waals surface area contributed by atoms with E-state index in [0.29, 0.717) is 16.2 Å². The van der Waals surface area contributed by atoms with Gasteiger partial charge in [-0.1, -0.05) is 21.1 Å². The Hall–Kier alpha value is -1.32. The number of sulfonamides is 1. The third kappa shape index (κ3) is 3.62. The molecule has 0 spiro atoms. The first-order valence-corrected chi connectivity index (χ1v) is 7.90. The Kier molecular flexibility index (Phi) is 4.51. The summed E-state index contributed by atoms with van der Waals surface area (Å²) in [6.07, 6.45) is 0.259. The Bertz CT molecular complexity index is 717. The lowest BCUT2D eigenvalue weighted by molar-refractivity contribution is 0.387. The van der Waals surface area contributed by atoms with E-state index >= 15 is 0 Å². The van der Waals surface area contributed by atoms with E-state index in [1.54, 1.807) is 6.92 Å². The van der Waals surface area contributed by atoms with Crippen molar-refractivity contribution in [1.82, 2.24) is 14.9 Å². The van der Waals surface area contributed by atoms with Crippen LogP contribution in [0.2, 0.25) is 0 Å². The topological polar surface area (TPSA) is 85.1 Å². The van der Waals surface area contributed by atoms with Crippen LogP contribution in [-0.2, 0) is 16.4 Å². The number of nitrogens with one attached hydrogen (secondary N) is 1. The lowest BCUT2D eigenvalue weighted by Gasteiger charge is -2.06. The number of hydrogen-bond acceptors (Lipinski definition) is 5. The minimum absolute atomic E-state index is 0.0524. The first kappa shape index (κ1) is 15.1. The maximum Gasteiger partial charge on any atom is 0.243 e. The fraction of sp³-hybridized carbons (Fsp3) is 0.273. The van der Waals surface area contributed by atoms with Crippen LogP contribution in [0.5, 0.6) is 0 Å². The second kappa shape index (κ2) is 5.98. The molecule has 0 saturated carbocycles. The van der Waals surface area contributed by atoms with Crippen LogP contribution in [0.3, 0.4) is 0 Å². The van der Waals surface area contributed by atoms with Gasteiger partial charge in [-0.15, -0.1) is 0 Å². The zero-order valence-corrected chi connectivity index (χ0v) is 12.8. The molecule has 1 heterocycles. The molecule has 20 heavy (non-hydrogen) atoms. The van der Waals surface area contributed by atoms with Gasteiger partial charge in [-0.25, -0.2) is 17.5 Å². The average molecular weight is 364 g/mol. The minimum Gasteiger partial charge on any atom is -0.340 e. The van der Waals surface area contributed by atoms with Crippen molar-refractivity contribution in [2.45, 2.75) is 18.2 Å². The van der Waals surface area contributed by atoms with Crippen molar-refractivity contribution in [1.29, 1.82) is 0 Å². The van der Waals surface area contributed by atoms with Gasteiger partial charge in [-0.05, 0) is 18.2 Å². The van der Waals surface area contributed by atoms with Crippen molar-refractivity contribution >= 4 is 26.0 Å². The Labute approximate surface area is 123 Å². The minimum atomic E-state index is -3.90. The molecule has 1 aromatic carbocycles. The summed E-state index contributed by atoms with van der Waals surface area (Å²) in [5, 5.41) is 3.64. The van der Waals surface area contributed by atoms with Gasteiger partial charge < -0.3 is 4.52 Å². The second-order valence-electron chi connectivity index (χ2n) is 3.95. The van der Waals surface area contributed by atoms with Gasteiger partial charge in [0.15, 0.2) is 5.82 Å². The highest BCUT2D eigenvalue weighted by Gasteiger charge is 2.18. The van der Waals surface area contributed by atoms with E-state index < -0.39 is 20.7 Å². The first-order valence-electron chi connectivity index (χ1n) is 5.62. The molecule has 0 unspecified atom stereocenters. The molecular weight excluding hydrogens is 353 g/mol. The van der Waals surface area contributed by atoms with E-state index in [-0.39, 0.29) is 13.0 Å². The van der Waals surface area contributed by atoms with Crippen LogP contribution in [-0.4, -0.2) is 25.1 Å². The highest BCUT2D eigenvalue weighted by molar-refractivity contribution is 9.10. The van der Waals surface area contributed by atoms with E-state index in [4.69, 9.17) is 4.52 Å². The molecule has 0 fully saturated rings. The summed E-state index contributed by atoms with van der Waals surface area (Å²) < 4.78 is 45.0. The molecule has 0 radical (unpaired) electrons. The zero-order valence-electron chi connectivity index (χ0n) is 10.4. The number of rotatable bonds is 5. The molecule has 0 aliphatic carbocycles. The number of hydrogen-bond donors (Lipinski definition) is 1. The normalized spacial score (nSPS) is 11.8. The molecule has 0 atom stereocenters. The molecule has 0 amide bonds. The predicted octanol–water partition coefficient (Wildman–Crippen LogP) is 1.80. The van der Waals surface area contributed by atoms with Crippen molar-refractivity contribution in [3.8, 4) is 0 Å². The van der Waals surface area contributed by atoms with Crippen molar-refractivity contribution in [3.05, 3.63) is 40.2 Å². The summed E-state index contributed by atoms with van der Waals surface area (Å²) >= 11 is 3.07. The fourth-order valence-electron chi connectivity index (χ4n) is 1.51. The van der Waals surface area contributed by atoms with Crippen molar-refractivity contribution < 1.29 is 17.3 Å². The maximum absolute atomic E-state index is 13.6. The number of halogens is 2. The molecule has 2 aromatic rings. The van der Waals surface area contributed by atoms with Gasteiger partial charge in [-0.2, -0.15) is 4.98 Å². The lowest BCUT2D eigenvalue weighted by atomic mass is 10.3. The monoisotopic (exact) mass is 363 g/mol. The number of aromatic nitrogens is 2. The van der Waals surface area contributed by atoms with Crippen LogP contribution in [0.4, 0.5) is 4.39 Å². The van der Waals surface area contributed by atoms with Gasteiger partial charge in [0, 0.05) is 24.4 Å². The van der Waals surface area contributed by atoms with Gasteiger partial charge in [0.2, 0.25) is 15.9 Å². The van der Waals surface area contributed by atoms with Gasteiger partial charge in [0.25, 0.3) is 0 Å². The summed E-state index contributed by atoms with van der Waals surface area (Å²) in [6, 6.07) is 3.75. The molecule has 0 aliphatic heterocycles. The average Bonchev–Trinajstić information content (AvgIpc) is 2.74. The summed E-state index contributed by atoms with van der Waals surface area (Å²) in [6.45, 7) is 1.69. The van der Waals surface area contributed by atoms with E-state index in [9.17, 15) is 12.8 Å². The SMILES string of the molecule is Cc1nc(CCNS(=O)(=O)c2ccc(Br)cc2F)no1. The first-order chi connectivity index (χ1) is 9.38. The molecule has 9 heteroatoms. The fourth-order valence-corrected chi connectivity index (χ4v) is 2.93. The van der Waals surface area contributed by atoms with Gasteiger partial charge in [0.05, 0.1) is 0 Å². The van der Waals surface area contributed by atoms with Crippen molar-refractivity contribution in [2.24, 2.45) is 0 Å². The molecule has 1 aromatic heterocycles. The van der Waals surface area contributed by atoms with Crippen LogP contribution >= 0.6 is 15.9 Å². The summed E-state index contributed by atoms with van der Waals surface area (Å²) in [5.41, 5.74) is 0. The second-order valence-corrected chi connectivity index (χ2v) is 6.60. The van der Waals surface area contributed by atoms with Crippen molar-refractivity contribution in [3.63, 3.8) is 0 Å². The maximum atomic E-state index is 13.6. The standard InChI is InChI=1S/C11H11BrFN3O3S/c1-7-15-11(16-19-7)4-5-14-20(17,18)10-3-2-8(12)6-9(10)13/h2-3,6,14H,4-5H2,1H3. The molecular formula is C11H11BrFN3O3S. The summed E-state index contributed by atoms with van der Waals surface area (Å²) in [7, 11) is -3.90. The Balaban J connectivity index is 2.04. The molecule has 1 N–H and O–H groups in total. The largest absolute Gasteiger partial charge is 0.340 e. The third-order valence-corrected chi connectivity index (χ3v) is 4.38. The number of benzene rings is 1. The molecule has 0 aliphatic rings. The van der Waals surface area contributed by atoms with E-state index in [1.165, 1.54) is 12.1 Å². The Morgan fingerprint density at radius 3 is 2.80 bits per heavy atom. The zero-order chi connectivity index (χ0) is 14.8. The van der Waals surface area contributed by atoms with Crippen LogP contribution in [0.15, 0.2) is 32.1 Å². The third-order valence-electron chi connectivity index (χ3n) is 2.39. The quantitative estimate of drug-likeness (QED) is 0.875. The summed E-state index contributed by atoms with van der Waals surface area (Å²) in [4.78, 5) is 3.54. The van der Waals surface area contributed by atoms with E-state index in [0.717, 1.165) is 6.07 Å². The van der Waals surface area contributed by atoms with Gasteiger partial charge in [-0.3, -0.25) is 0 Å². The Morgan fingerprint density at radius 1 is 1.45 bits per heavy atom. The number of aryl methyl sites for hydroxylation is 1. The van der Waals surface area contributed by atoms with Crippen LogP contribution < -0.4 is 4.72 Å². The smallest absolute Gasteiger partial charge is 0.243 e. The van der Waals surface area contributed by atoms with Crippen LogP contribution in [0, 0.1) is 12.7 Å². The molecule has 6 nitrogen and oxygen atoms in total. The van der Waals surface area contributed by atoms with E-state index in [1.807, 2.05) is 0 Å². The Morgan fingerprint density at radius 2 is 2.20 bits per heavy atom.